The van der Waals surface area contributed by atoms with Gasteiger partial charge >= 0.3 is 0 Å². The van der Waals surface area contributed by atoms with Crippen molar-refractivity contribution in [1.82, 2.24) is 0 Å². The van der Waals surface area contributed by atoms with Gasteiger partial charge in [-0.3, -0.25) is 0 Å². The molecule has 2 aromatic carbocycles. The largest absolute Gasteiger partial charge is 0.504 e. The van der Waals surface area contributed by atoms with Crippen molar-refractivity contribution >= 4 is 0 Å². The van der Waals surface area contributed by atoms with E-state index in [0.717, 1.165) is 27.8 Å². The molecule has 0 atom stereocenters. The lowest BCUT2D eigenvalue weighted by atomic mass is 9.92. The van der Waals surface area contributed by atoms with E-state index >= 15 is 0 Å². The molecule has 0 radical (unpaired) electrons. The van der Waals surface area contributed by atoms with Gasteiger partial charge in [-0.25, -0.2) is 0 Å². The molecule has 2 N–H and O–H groups in total. The van der Waals surface area contributed by atoms with Crippen molar-refractivity contribution in [3.8, 4) is 22.6 Å². The second-order valence-corrected chi connectivity index (χ2v) is 4.39. The lowest BCUT2D eigenvalue weighted by molar-refractivity contribution is 0.405. The highest BCUT2D eigenvalue weighted by atomic mass is 16.3. The summed E-state index contributed by atoms with van der Waals surface area (Å²) < 4.78 is 0. The van der Waals surface area contributed by atoms with Crippen LogP contribution in [0.2, 0.25) is 0 Å². The summed E-state index contributed by atoms with van der Waals surface area (Å²) >= 11 is 0. The van der Waals surface area contributed by atoms with Crippen molar-refractivity contribution < 1.29 is 10.2 Å². The summed E-state index contributed by atoms with van der Waals surface area (Å²) in [4.78, 5) is 0. The Balaban J connectivity index is 2.82. The highest BCUT2D eigenvalue weighted by Gasteiger charge is 2.15. The van der Waals surface area contributed by atoms with Crippen LogP contribution in [0.1, 0.15) is 16.7 Å². The summed E-state index contributed by atoms with van der Waals surface area (Å²) in [7, 11) is 0. The van der Waals surface area contributed by atoms with Crippen molar-refractivity contribution in [3.05, 3.63) is 47.0 Å². The van der Waals surface area contributed by atoms with Crippen LogP contribution in [0, 0.1) is 20.8 Å². The summed E-state index contributed by atoms with van der Waals surface area (Å²) in [5.74, 6) is -0.115. The zero-order valence-corrected chi connectivity index (χ0v) is 10.3. The molecule has 0 aromatic heterocycles. The minimum Gasteiger partial charge on any atom is -0.504 e. The number of phenols is 2. The maximum Gasteiger partial charge on any atom is 0.165 e. The molecule has 0 unspecified atom stereocenters. The standard InChI is InChI=1S/C15H16O2/c1-9-5-4-6-10(2)13(9)14-11(3)7-8-12(16)15(14)17/h4-8,16-17H,1-3H3. The molecule has 0 aliphatic rings. The van der Waals surface area contributed by atoms with E-state index in [-0.39, 0.29) is 11.5 Å². The van der Waals surface area contributed by atoms with Gasteiger partial charge < -0.3 is 10.2 Å². The monoisotopic (exact) mass is 228 g/mol. The first-order valence-electron chi connectivity index (χ1n) is 5.60. The average Bonchev–Trinajstić information content (AvgIpc) is 2.28. The molecule has 88 valence electrons. The van der Waals surface area contributed by atoms with Crippen molar-refractivity contribution in [2.75, 3.05) is 0 Å². The molecule has 0 aliphatic heterocycles. The van der Waals surface area contributed by atoms with E-state index in [9.17, 15) is 10.2 Å². The number of phenolic OH excluding ortho intramolecular Hbond substituents is 2. The van der Waals surface area contributed by atoms with Gasteiger partial charge in [-0.05, 0) is 49.1 Å². The summed E-state index contributed by atoms with van der Waals surface area (Å²) in [6.45, 7) is 5.94. The van der Waals surface area contributed by atoms with Crippen LogP contribution in [-0.4, -0.2) is 10.2 Å². The normalized spacial score (nSPS) is 10.5. The van der Waals surface area contributed by atoms with Gasteiger partial charge in [-0.1, -0.05) is 24.3 Å². The Morgan fingerprint density at radius 2 is 1.24 bits per heavy atom. The molecule has 0 amide bonds. The Morgan fingerprint density at radius 1 is 0.706 bits per heavy atom. The van der Waals surface area contributed by atoms with Crippen LogP contribution in [0.3, 0.4) is 0 Å². The van der Waals surface area contributed by atoms with Gasteiger partial charge in [0.15, 0.2) is 11.5 Å². The summed E-state index contributed by atoms with van der Waals surface area (Å²) in [5.41, 5.74) is 4.86. The Bertz CT molecular complexity index is 551. The second-order valence-electron chi connectivity index (χ2n) is 4.39. The topological polar surface area (TPSA) is 40.5 Å². The van der Waals surface area contributed by atoms with Gasteiger partial charge in [0.1, 0.15) is 0 Å². The summed E-state index contributed by atoms with van der Waals surface area (Å²) in [6, 6.07) is 9.33. The quantitative estimate of drug-likeness (QED) is 0.731. The van der Waals surface area contributed by atoms with Crippen LogP contribution >= 0.6 is 0 Å². The lowest BCUT2D eigenvalue weighted by Crippen LogP contribution is -1.91. The molecule has 0 fully saturated rings. The van der Waals surface area contributed by atoms with Crippen LogP contribution in [0.5, 0.6) is 11.5 Å². The highest BCUT2D eigenvalue weighted by Crippen LogP contribution is 2.41. The van der Waals surface area contributed by atoms with Crippen LogP contribution < -0.4 is 0 Å². The zero-order valence-electron chi connectivity index (χ0n) is 10.3. The highest BCUT2D eigenvalue weighted by molar-refractivity contribution is 5.80. The zero-order chi connectivity index (χ0) is 12.6. The number of hydrogen-bond donors (Lipinski definition) is 2. The van der Waals surface area contributed by atoms with E-state index in [4.69, 9.17) is 0 Å². The summed E-state index contributed by atoms with van der Waals surface area (Å²) in [5, 5.41) is 19.6. The van der Waals surface area contributed by atoms with Crippen LogP contribution in [0.4, 0.5) is 0 Å². The fourth-order valence-electron chi connectivity index (χ4n) is 2.21. The Hall–Kier alpha value is -1.96. The molecule has 0 saturated carbocycles. The Kier molecular flexibility index (Phi) is 2.80. The maximum atomic E-state index is 10.0. The summed E-state index contributed by atoms with van der Waals surface area (Å²) in [6.07, 6.45) is 0. The van der Waals surface area contributed by atoms with Crippen molar-refractivity contribution in [2.24, 2.45) is 0 Å². The molecular formula is C15H16O2. The van der Waals surface area contributed by atoms with Gasteiger partial charge in [0.2, 0.25) is 0 Å². The minimum atomic E-state index is -0.0757. The first kappa shape index (κ1) is 11.5. The van der Waals surface area contributed by atoms with Crippen molar-refractivity contribution in [2.45, 2.75) is 20.8 Å². The van der Waals surface area contributed by atoms with Crippen molar-refractivity contribution in [1.29, 1.82) is 0 Å². The third-order valence-corrected chi connectivity index (χ3v) is 3.10. The Morgan fingerprint density at radius 3 is 1.82 bits per heavy atom. The molecule has 0 saturated heterocycles. The average molecular weight is 228 g/mol. The first-order chi connectivity index (χ1) is 8.02. The fraction of sp³-hybridized carbons (Fsp3) is 0.200. The van der Waals surface area contributed by atoms with Gasteiger partial charge in [0.25, 0.3) is 0 Å². The number of rotatable bonds is 1. The minimum absolute atomic E-state index is 0.0394. The van der Waals surface area contributed by atoms with Gasteiger partial charge in [0, 0.05) is 5.56 Å². The third-order valence-electron chi connectivity index (χ3n) is 3.10. The molecular weight excluding hydrogens is 212 g/mol. The predicted octanol–water partition coefficient (Wildman–Crippen LogP) is 3.69. The van der Waals surface area contributed by atoms with Crippen LogP contribution in [-0.2, 0) is 0 Å². The fourth-order valence-corrected chi connectivity index (χ4v) is 2.21. The van der Waals surface area contributed by atoms with E-state index in [0.29, 0.717) is 0 Å². The molecule has 2 heteroatoms. The van der Waals surface area contributed by atoms with Gasteiger partial charge in [-0.15, -0.1) is 0 Å². The molecule has 2 nitrogen and oxygen atoms in total. The maximum absolute atomic E-state index is 10.0. The van der Waals surface area contributed by atoms with E-state index < -0.39 is 0 Å². The second kappa shape index (κ2) is 4.13. The number of aryl methyl sites for hydroxylation is 3. The van der Waals surface area contributed by atoms with Gasteiger partial charge in [0.05, 0.1) is 0 Å². The lowest BCUT2D eigenvalue weighted by Gasteiger charge is -2.15. The SMILES string of the molecule is Cc1cccc(C)c1-c1c(C)ccc(O)c1O. The molecule has 0 bridgehead atoms. The molecule has 17 heavy (non-hydrogen) atoms. The van der Waals surface area contributed by atoms with Gasteiger partial charge in [-0.2, -0.15) is 0 Å². The Labute approximate surface area is 101 Å². The third kappa shape index (κ3) is 1.86. The molecule has 0 heterocycles. The number of benzene rings is 2. The van der Waals surface area contributed by atoms with E-state index in [1.54, 1.807) is 0 Å². The van der Waals surface area contributed by atoms with E-state index in [1.165, 1.54) is 6.07 Å². The van der Waals surface area contributed by atoms with E-state index in [2.05, 4.69) is 0 Å². The molecule has 0 aliphatic carbocycles. The van der Waals surface area contributed by atoms with Crippen LogP contribution in [0.15, 0.2) is 30.3 Å². The molecule has 2 aromatic rings. The van der Waals surface area contributed by atoms with Crippen LogP contribution in [0.25, 0.3) is 11.1 Å². The van der Waals surface area contributed by atoms with E-state index in [1.807, 2.05) is 45.0 Å². The first-order valence-corrected chi connectivity index (χ1v) is 5.60. The number of aromatic hydroxyl groups is 2. The predicted molar refractivity (Wildman–Crippen MR) is 69.4 cm³/mol. The molecule has 2 rings (SSSR count). The molecule has 0 spiro atoms. The smallest absolute Gasteiger partial charge is 0.165 e. The number of hydrogen-bond acceptors (Lipinski definition) is 2. The van der Waals surface area contributed by atoms with Crippen molar-refractivity contribution in [3.63, 3.8) is 0 Å².